The second kappa shape index (κ2) is 7.17. The van der Waals surface area contributed by atoms with Crippen LogP contribution in [0.2, 0.25) is 0 Å². The lowest BCUT2D eigenvalue weighted by atomic mass is 10.3. The topological polar surface area (TPSA) is 68.3 Å². The van der Waals surface area contributed by atoms with Crippen molar-refractivity contribution in [3.8, 4) is 0 Å². The maximum atomic E-state index is 11.9. The van der Waals surface area contributed by atoms with Gasteiger partial charge < -0.3 is 9.14 Å². The number of aromatic nitrogens is 2. The first kappa shape index (κ1) is 14.7. The van der Waals surface area contributed by atoms with E-state index in [4.69, 9.17) is 4.74 Å². The predicted molar refractivity (Wildman–Crippen MR) is 80.2 cm³/mol. The molecule has 0 fully saturated rings. The molecule has 0 amide bonds. The zero-order valence-corrected chi connectivity index (χ0v) is 12.0. The van der Waals surface area contributed by atoms with Gasteiger partial charge >= 0.3 is 5.97 Å². The molecule has 0 bridgehead atoms. The van der Waals surface area contributed by atoms with Gasteiger partial charge in [0.1, 0.15) is 5.65 Å². The number of aliphatic imine (C=N–C) groups is 2. The molecule has 0 aliphatic heterocycles. The quantitative estimate of drug-likeness (QED) is 0.481. The van der Waals surface area contributed by atoms with E-state index in [0.29, 0.717) is 6.54 Å². The Labute approximate surface area is 122 Å². The first-order valence-corrected chi connectivity index (χ1v) is 6.69. The van der Waals surface area contributed by atoms with E-state index >= 15 is 0 Å². The molecule has 0 aromatic carbocycles. The Morgan fingerprint density at radius 2 is 2.33 bits per heavy atom. The van der Waals surface area contributed by atoms with Crippen LogP contribution in [0.3, 0.4) is 0 Å². The maximum absolute atomic E-state index is 11.9. The molecule has 0 saturated carbocycles. The smallest absolute Gasteiger partial charge is 0.357 e. The minimum atomic E-state index is -0.512. The molecule has 2 aromatic heterocycles. The lowest BCUT2D eigenvalue weighted by molar-refractivity contribution is -0.138. The Morgan fingerprint density at radius 3 is 3.10 bits per heavy atom. The third-order valence-corrected chi connectivity index (χ3v) is 2.61. The molecular weight excluding hydrogens is 268 g/mol. The average Bonchev–Trinajstić information content (AvgIpc) is 2.90. The molecule has 0 unspecified atom stereocenters. The van der Waals surface area contributed by atoms with Crippen molar-refractivity contribution in [2.24, 2.45) is 9.98 Å². The number of fused-ring (bicyclic) bond motifs is 1. The van der Waals surface area contributed by atoms with Gasteiger partial charge in [-0.15, -0.1) is 0 Å². The van der Waals surface area contributed by atoms with Gasteiger partial charge in [-0.05, 0) is 32.1 Å². The van der Waals surface area contributed by atoms with Gasteiger partial charge in [0.2, 0.25) is 0 Å². The summed E-state index contributed by atoms with van der Waals surface area (Å²) in [6, 6.07) is 8.15. The molecule has 0 radical (unpaired) electrons. The normalized spacial score (nSPS) is 11.0. The van der Waals surface area contributed by atoms with E-state index in [2.05, 4.69) is 21.0 Å². The monoisotopic (exact) mass is 284 g/mol. The first-order valence-electron chi connectivity index (χ1n) is 6.69. The van der Waals surface area contributed by atoms with Crippen LogP contribution in [0.25, 0.3) is 11.7 Å². The zero-order valence-electron chi connectivity index (χ0n) is 12.0. The molecule has 6 heteroatoms. The molecule has 2 heterocycles. The number of ether oxygens (including phenoxy) is 1. The van der Waals surface area contributed by atoms with E-state index in [-0.39, 0.29) is 12.3 Å². The second-order valence-corrected chi connectivity index (χ2v) is 4.05. The van der Waals surface area contributed by atoms with Gasteiger partial charge in [0, 0.05) is 12.7 Å². The largest absolute Gasteiger partial charge is 0.461 e. The van der Waals surface area contributed by atoms with E-state index in [1.807, 2.05) is 35.7 Å². The van der Waals surface area contributed by atoms with Crippen LogP contribution in [0.1, 0.15) is 19.5 Å². The van der Waals surface area contributed by atoms with Gasteiger partial charge in [0.15, 0.2) is 5.70 Å². The molecule has 2 rings (SSSR count). The summed E-state index contributed by atoms with van der Waals surface area (Å²) in [7, 11) is 0. The number of hydrogen-bond donors (Lipinski definition) is 0. The van der Waals surface area contributed by atoms with E-state index < -0.39 is 5.97 Å². The van der Waals surface area contributed by atoms with E-state index in [1.54, 1.807) is 19.2 Å². The Balaban J connectivity index is 2.44. The van der Waals surface area contributed by atoms with Crippen LogP contribution in [-0.2, 0) is 9.53 Å². The Bertz CT molecular complexity index is 720. The summed E-state index contributed by atoms with van der Waals surface area (Å²) in [4.78, 5) is 24.0. The zero-order chi connectivity index (χ0) is 15.1. The molecule has 0 spiro atoms. The highest BCUT2D eigenvalue weighted by Gasteiger charge is 2.11. The lowest BCUT2D eigenvalue weighted by Crippen LogP contribution is -2.06. The molecule has 0 saturated heterocycles. The van der Waals surface area contributed by atoms with Crippen LogP contribution >= 0.6 is 0 Å². The number of imidazole rings is 1. The van der Waals surface area contributed by atoms with Crippen molar-refractivity contribution in [1.29, 1.82) is 0 Å². The Morgan fingerprint density at radius 1 is 1.48 bits per heavy atom. The maximum Gasteiger partial charge on any atom is 0.357 e. The molecule has 0 aliphatic carbocycles. The number of pyridine rings is 1. The summed E-state index contributed by atoms with van der Waals surface area (Å²) in [5.74, 6) is -0.512. The number of carbonyl (C=O) groups excluding carboxylic acids is 1. The fraction of sp³-hybridized carbons (Fsp3) is 0.267. The molecule has 108 valence electrons. The second-order valence-electron chi connectivity index (χ2n) is 4.05. The van der Waals surface area contributed by atoms with Gasteiger partial charge in [-0.1, -0.05) is 6.07 Å². The number of hydrogen-bond acceptors (Lipinski definition) is 5. The first-order chi connectivity index (χ1) is 10.3. The van der Waals surface area contributed by atoms with Crippen LogP contribution < -0.4 is 0 Å². The standard InChI is InChI=1S/C15H16N4O2/c1-3-16-11-18-13(15(20)21-4-2)9-12-10-17-14-7-5-6-8-19(12)14/h5-10H,3-4H2,1-2H3/b13-9-. The number of carbonyl (C=O) groups is 1. The van der Waals surface area contributed by atoms with Crippen LogP contribution in [0.15, 0.2) is 46.3 Å². The summed E-state index contributed by atoms with van der Waals surface area (Å²) in [5.41, 5.74) is 1.66. The minimum absolute atomic E-state index is 0.139. The number of esters is 1. The van der Waals surface area contributed by atoms with Gasteiger partial charge in [-0.25, -0.2) is 14.8 Å². The van der Waals surface area contributed by atoms with Gasteiger partial charge in [-0.3, -0.25) is 0 Å². The van der Waals surface area contributed by atoms with E-state index in [1.165, 1.54) is 0 Å². The third kappa shape index (κ3) is 3.64. The number of nitrogens with zero attached hydrogens (tertiary/aromatic N) is 4. The average molecular weight is 284 g/mol. The molecule has 2 aromatic rings. The summed E-state index contributed by atoms with van der Waals surface area (Å²) >= 11 is 0. The third-order valence-electron chi connectivity index (χ3n) is 2.61. The van der Waals surface area contributed by atoms with Crippen molar-refractivity contribution >= 4 is 23.7 Å². The van der Waals surface area contributed by atoms with Gasteiger partial charge in [0.25, 0.3) is 0 Å². The molecule has 21 heavy (non-hydrogen) atoms. The van der Waals surface area contributed by atoms with Crippen molar-refractivity contribution < 1.29 is 9.53 Å². The van der Waals surface area contributed by atoms with Crippen LogP contribution in [-0.4, -0.2) is 34.5 Å². The Kier molecular flexibility index (Phi) is 5.01. The van der Waals surface area contributed by atoms with Crippen LogP contribution in [0.5, 0.6) is 0 Å². The summed E-state index contributed by atoms with van der Waals surface area (Å²) in [6.07, 6.45) is 5.14. The molecule has 0 N–H and O–H groups in total. The highest BCUT2D eigenvalue weighted by Crippen LogP contribution is 2.12. The van der Waals surface area contributed by atoms with Gasteiger partial charge in [0.05, 0.1) is 24.5 Å². The SMILES string of the molecule is CCN=C=N/C(=C\c1cnc2ccccn12)C(=O)OCC. The molecular formula is C15H16N4O2. The fourth-order valence-corrected chi connectivity index (χ4v) is 1.70. The van der Waals surface area contributed by atoms with Crippen LogP contribution in [0, 0.1) is 0 Å². The predicted octanol–water partition coefficient (Wildman–Crippen LogP) is 2.43. The molecule has 6 nitrogen and oxygen atoms in total. The summed E-state index contributed by atoms with van der Waals surface area (Å²) in [6.45, 7) is 4.44. The highest BCUT2D eigenvalue weighted by atomic mass is 16.5. The summed E-state index contributed by atoms with van der Waals surface area (Å²) in [5, 5.41) is 0. The van der Waals surface area contributed by atoms with E-state index in [9.17, 15) is 4.79 Å². The van der Waals surface area contributed by atoms with E-state index in [0.717, 1.165) is 11.3 Å². The summed E-state index contributed by atoms with van der Waals surface area (Å²) < 4.78 is 6.84. The molecule has 0 atom stereocenters. The van der Waals surface area contributed by atoms with Gasteiger partial charge in [-0.2, -0.15) is 4.99 Å². The van der Waals surface area contributed by atoms with Crippen LogP contribution in [0.4, 0.5) is 0 Å². The van der Waals surface area contributed by atoms with Crippen molar-refractivity contribution in [2.75, 3.05) is 13.2 Å². The highest BCUT2D eigenvalue weighted by molar-refractivity contribution is 5.94. The minimum Gasteiger partial charge on any atom is -0.461 e. The molecule has 0 aliphatic rings. The number of rotatable bonds is 5. The Hall–Kier alpha value is -2.72. The van der Waals surface area contributed by atoms with Crippen molar-refractivity contribution in [3.63, 3.8) is 0 Å². The lowest BCUT2D eigenvalue weighted by Gasteiger charge is -2.01. The van der Waals surface area contributed by atoms with Crippen molar-refractivity contribution in [3.05, 3.63) is 42.0 Å². The van der Waals surface area contributed by atoms with Crippen molar-refractivity contribution in [2.45, 2.75) is 13.8 Å². The fourth-order valence-electron chi connectivity index (χ4n) is 1.70. The van der Waals surface area contributed by atoms with Crippen molar-refractivity contribution in [1.82, 2.24) is 9.38 Å².